The van der Waals surface area contributed by atoms with E-state index in [4.69, 9.17) is 4.74 Å². The SMILES string of the molecule is C=CC(=O)N1CCCc2cc(C(=O)Nc3cc(-c4nc5ccccc5[nH]4)ccc3OC)ccc21. The molecular weight excluding hydrogens is 428 g/mol. The molecule has 0 bridgehead atoms. The van der Waals surface area contributed by atoms with Crippen molar-refractivity contribution in [2.75, 3.05) is 23.9 Å². The average molecular weight is 453 g/mol. The van der Waals surface area contributed by atoms with Gasteiger partial charge >= 0.3 is 0 Å². The minimum Gasteiger partial charge on any atom is -0.495 e. The van der Waals surface area contributed by atoms with Crippen molar-refractivity contribution < 1.29 is 14.3 Å². The molecule has 2 amide bonds. The normalized spacial score (nSPS) is 12.8. The van der Waals surface area contributed by atoms with Crippen LogP contribution < -0.4 is 15.0 Å². The van der Waals surface area contributed by atoms with Gasteiger partial charge in [0.05, 0.1) is 23.8 Å². The molecule has 0 aliphatic carbocycles. The highest BCUT2D eigenvalue weighted by Gasteiger charge is 2.22. The van der Waals surface area contributed by atoms with E-state index in [0.717, 1.165) is 40.7 Å². The van der Waals surface area contributed by atoms with E-state index in [9.17, 15) is 9.59 Å². The molecule has 7 heteroatoms. The number of aromatic nitrogens is 2. The molecule has 4 aromatic rings. The quantitative estimate of drug-likeness (QED) is 0.419. The highest BCUT2D eigenvalue weighted by Crippen LogP contribution is 2.32. The van der Waals surface area contributed by atoms with Gasteiger partial charge in [-0.2, -0.15) is 0 Å². The number of para-hydroxylation sites is 2. The number of aromatic amines is 1. The topological polar surface area (TPSA) is 87.3 Å². The van der Waals surface area contributed by atoms with E-state index < -0.39 is 0 Å². The number of amides is 2. The summed E-state index contributed by atoms with van der Waals surface area (Å²) in [7, 11) is 1.57. The number of methoxy groups -OCH3 is 1. The van der Waals surface area contributed by atoms with Crippen LogP contribution in [0.1, 0.15) is 22.3 Å². The summed E-state index contributed by atoms with van der Waals surface area (Å²) in [5.74, 6) is 0.870. The van der Waals surface area contributed by atoms with Crippen LogP contribution in [-0.2, 0) is 11.2 Å². The first-order valence-electron chi connectivity index (χ1n) is 11.1. The molecule has 0 unspecified atom stereocenters. The van der Waals surface area contributed by atoms with Crippen molar-refractivity contribution in [2.45, 2.75) is 12.8 Å². The molecule has 1 aliphatic heterocycles. The Hall–Kier alpha value is -4.39. The molecule has 0 spiro atoms. The summed E-state index contributed by atoms with van der Waals surface area (Å²) in [5.41, 5.74) is 5.51. The molecule has 0 fully saturated rings. The number of carbonyl (C=O) groups excluding carboxylic acids is 2. The number of anilines is 2. The van der Waals surface area contributed by atoms with Gasteiger partial charge in [-0.15, -0.1) is 0 Å². The third-order valence-corrected chi connectivity index (χ3v) is 6.01. The molecule has 0 saturated heterocycles. The lowest BCUT2D eigenvalue weighted by Crippen LogP contribution is -2.34. The third-order valence-electron chi connectivity index (χ3n) is 6.01. The van der Waals surface area contributed by atoms with Gasteiger partial charge in [0, 0.05) is 23.4 Å². The summed E-state index contributed by atoms with van der Waals surface area (Å²) >= 11 is 0. The van der Waals surface area contributed by atoms with Crippen molar-refractivity contribution in [3.05, 3.63) is 84.4 Å². The monoisotopic (exact) mass is 452 g/mol. The van der Waals surface area contributed by atoms with Crippen LogP contribution in [0.5, 0.6) is 5.75 Å². The Morgan fingerprint density at radius 1 is 1.15 bits per heavy atom. The maximum Gasteiger partial charge on any atom is 0.255 e. The van der Waals surface area contributed by atoms with Gasteiger partial charge < -0.3 is 19.9 Å². The fourth-order valence-corrected chi connectivity index (χ4v) is 4.31. The van der Waals surface area contributed by atoms with Crippen LogP contribution in [-0.4, -0.2) is 35.4 Å². The molecule has 3 aromatic carbocycles. The maximum absolute atomic E-state index is 13.1. The van der Waals surface area contributed by atoms with Gasteiger partial charge in [0.2, 0.25) is 5.91 Å². The highest BCUT2D eigenvalue weighted by molar-refractivity contribution is 6.07. The first-order valence-corrected chi connectivity index (χ1v) is 11.1. The largest absolute Gasteiger partial charge is 0.495 e. The van der Waals surface area contributed by atoms with E-state index in [1.54, 1.807) is 18.1 Å². The first-order chi connectivity index (χ1) is 16.6. The van der Waals surface area contributed by atoms with Crippen molar-refractivity contribution in [1.29, 1.82) is 0 Å². The molecule has 5 rings (SSSR count). The number of nitrogens with zero attached hydrogens (tertiary/aromatic N) is 2. The Balaban J connectivity index is 1.43. The molecule has 2 heterocycles. The Bertz CT molecular complexity index is 1390. The van der Waals surface area contributed by atoms with Gasteiger partial charge in [-0.1, -0.05) is 18.7 Å². The average Bonchev–Trinajstić information content (AvgIpc) is 3.32. The molecule has 1 aliphatic rings. The molecule has 7 nitrogen and oxygen atoms in total. The summed E-state index contributed by atoms with van der Waals surface area (Å²) < 4.78 is 5.48. The Morgan fingerprint density at radius 3 is 2.79 bits per heavy atom. The lowest BCUT2D eigenvalue weighted by molar-refractivity contribution is -0.114. The van der Waals surface area contributed by atoms with E-state index in [1.807, 2.05) is 54.6 Å². The molecule has 2 N–H and O–H groups in total. The summed E-state index contributed by atoms with van der Waals surface area (Å²) in [4.78, 5) is 35.0. The lowest BCUT2D eigenvalue weighted by atomic mass is 9.98. The predicted octanol–water partition coefficient (Wildman–Crippen LogP) is 4.96. The summed E-state index contributed by atoms with van der Waals surface area (Å²) in [5, 5.41) is 2.97. The molecule has 0 saturated carbocycles. The second-order valence-corrected chi connectivity index (χ2v) is 8.11. The van der Waals surface area contributed by atoms with Crippen LogP contribution in [0.15, 0.2) is 73.3 Å². The number of hydrogen-bond donors (Lipinski definition) is 2. The van der Waals surface area contributed by atoms with Crippen LogP contribution in [0.2, 0.25) is 0 Å². The molecule has 34 heavy (non-hydrogen) atoms. The number of carbonyl (C=O) groups is 2. The minimum atomic E-state index is -0.255. The Kier molecular flexibility index (Phi) is 5.59. The van der Waals surface area contributed by atoms with Gasteiger partial charge in [0.15, 0.2) is 0 Å². The smallest absolute Gasteiger partial charge is 0.255 e. The maximum atomic E-state index is 13.1. The zero-order valence-corrected chi connectivity index (χ0v) is 18.8. The number of ether oxygens (including phenoxy) is 1. The van der Waals surface area contributed by atoms with E-state index in [1.165, 1.54) is 6.08 Å². The Labute approximate surface area is 197 Å². The molecular formula is C27H24N4O3. The fraction of sp³-hybridized carbons (Fsp3) is 0.148. The number of benzene rings is 3. The van der Waals surface area contributed by atoms with Crippen LogP contribution in [0, 0.1) is 0 Å². The number of aryl methyl sites for hydroxylation is 1. The third kappa shape index (κ3) is 3.92. The van der Waals surface area contributed by atoms with Crippen molar-refractivity contribution in [2.24, 2.45) is 0 Å². The van der Waals surface area contributed by atoms with Crippen LogP contribution >= 0.6 is 0 Å². The van der Waals surface area contributed by atoms with E-state index >= 15 is 0 Å². The van der Waals surface area contributed by atoms with Crippen LogP contribution in [0.4, 0.5) is 11.4 Å². The number of nitrogens with one attached hydrogen (secondary N) is 2. The summed E-state index contributed by atoms with van der Waals surface area (Å²) in [6, 6.07) is 18.8. The summed E-state index contributed by atoms with van der Waals surface area (Å²) in [6.07, 6.45) is 2.96. The lowest BCUT2D eigenvalue weighted by Gasteiger charge is -2.29. The predicted molar refractivity (Wildman–Crippen MR) is 133 cm³/mol. The number of imidazole rings is 1. The molecule has 0 atom stereocenters. The molecule has 170 valence electrons. The van der Waals surface area contributed by atoms with Crippen LogP contribution in [0.3, 0.4) is 0 Å². The molecule has 1 aromatic heterocycles. The second kappa shape index (κ2) is 8.86. The highest BCUT2D eigenvalue weighted by atomic mass is 16.5. The zero-order chi connectivity index (χ0) is 23.7. The van der Waals surface area contributed by atoms with E-state index in [0.29, 0.717) is 29.4 Å². The fourth-order valence-electron chi connectivity index (χ4n) is 4.31. The van der Waals surface area contributed by atoms with Crippen molar-refractivity contribution in [1.82, 2.24) is 9.97 Å². The van der Waals surface area contributed by atoms with E-state index in [-0.39, 0.29) is 11.8 Å². The van der Waals surface area contributed by atoms with Gasteiger partial charge in [-0.05, 0) is 73.0 Å². The van der Waals surface area contributed by atoms with Crippen molar-refractivity contribution in [3.63, 3.8) is 0 Å². The Morgan fingerprint density at radius 2 is 2.00 bits per heavy atom. The zero-order valence-electron chi connectivity index (χ0n) is 18.8. The first kappa shape index (κ1) is 21.5. The number of H-pyrrole nitrogens is 1. The van der Waals surface area contributed by atoms with Crippen LogP contribution in [0.25, 0.3) is 22.4 Å². The van der Waals surface area contributed by atoms with Crippen molar-refractivity contribution >= 4 is 34.2 Å². The van der Waals surface area contributed by atoms with Gasteiger partial charge in [-0.3, -0.25) is 9.59 Å². The number of hydrogen-bond acceptors (Lipinski definition) is 4. The van der Waals surface area contributed by atoms with Gasteiger partial charge in [0.1, 0.15) is 11.6 Å². The minimum absolute atomic E-state index is 0.134. The van der Waals surface area contributed by atoms with Gasteiger partial charge in [-0.25, -0.2) is 4.98 Å². The summed E-state index contributed by atoms with van der Waals surface area (Å²) in [6.45, 7) is 4.23. The van der Waals surface area contributed by atoms with E-state index in [2.05, 4.69) is 21.9 Å². The molecule has 0 radical (unpaired) electrons. The standard InChI is InChI=1S/C27H24N4O3/c1-3-25(32)31-14-6-7-17-15-19(10-12-23(17)31)27(33)30-22-16-18(11-13-24(22)34-2)26-28-20-8-4-5-9-21(20)29-26/h3-5,8-13,15-16H,1,6-7,14H2,2H3,(H,28,29)(H,30,33). The second-order valence-electron chi connectivity index (χ2n) is 8.11. The number of fused-ring (bicyclic) bond motifs is 2. The van der Waals surface area contributed by atoms with Crippen molar-refractivity contribution in [3.8, 4) is 17.1 Å². The number of rotatable bonds is 5. The van der Waals surface area contributed by atoms with Gasteiger partial charge in [0.25, 0.3) is 5.91 Å².